The number of ether oxygens (including phenoxy) is 1. The Bertz CT molecular complexity index is 513. The van der Waals surface area contributed by atoms with Crippen molar-refractivity contribution in [3.05, 3.63) is 35.4 Å². The molecule has 0 aliphatic carbocycles. The maximum absolute atomic E-state index is 12.8. The number of rotatable bonds is 4. The first-order chi connectivity index (χ1) is 9.66. The number of alkyl halides is 3. The third kappa shape index (κ3) is 4.45. The van der Waals surface area contributed by atoms with E-state index in [1.807, 2.05) is 0 Å². The molecule has 0 spiro atoms. The highest BCUT2D eigenvalue weighted by atomic mass is 19.4. The van der Waals surface area contributed by atoms with Crippen molar-refractivity contribution in [2.75, 3.05) is 7.11 Å². The average molecular weight is 305 g/mol. The van der Waals surface area contributed by atoms with Gasteiger partial charge < -0.3 is 15.2 Å². The van der Waals surface area contributed by atoms with Gasteiger partial charge in [0, 0.05) is 6.92 Å². The van der Waals surface area contributed by atoms with Crippen LogP contribution in [-0.2, 0) is 9.53 Å². The van der Waals surface area contributed by atoms with Crippen LogP contribution < -0.4 is 5.32 Å². The number of esters is 1. The number of hydrogen-bond acceptors (Lipinski definition) is 4. The van der Waals surface area contributed by atoms with Crippen LogP contribution in [0.25, 0.3) is 0 Å². The number of amides is 1. The van der Waals surface area contributed by atoms with Gasteiger partial charge in [0.2, 0.25) is 5.91 Å². The zero-order valence-corrected chi connectivity index (χ0v) is 11.3. The summed E-state index contributed by atoms with van der Waals surface area (Å²) in [5, 5.41) is 11.5. The van der Waals surface area contributed by atoms with E-state index in [0.717, 1.165) is 19.1 Å². The van der Waals surface area contributed by atoms with Gasteiger partial charge in [-0.3, -0.25) is 4.79 Å². The molecule has 0 fully saturated rings. The standard InChI is InChI=1S/C13H14F3NO4/c1-7(18)17-11(13(14,15)16)10(19)8-3-5-9(6-4-8)12(20)21-2/h3-6,10-11,19H,1-2H3,(H,17,18). The Morgan fingerprint density at radius 3 is 2.14 bits per heavy atom. The Morgan fingerprint density at radius 1 is 1.24 bits per heavy atom. The second-order valence-corrected chi connectivity index (χ2v) is 4.28. The highest BCUT2D eigenvalue weighted by molar-refractivity contribution is 5.89. The molecule has 0 aliphatic heterocycles. The van der Waals surface area contributed by atoms with E-state index in [1.54, 1.807) is 5.32 Å². The maximum Gasteiger partial charge on any atom is 0.411 e. The molecule has 2 unspecified atom stereocenters. The van der Waals surface area contributed by atoms with Crippen molar-refractivity contribution in [1.82, 2.24) is 5.32 Å². The molecule has 5 nitrogen and oxygen atoms in total. The lowest BCUT2D eigenvalue weighted by Crippen LogP contribution is -2.48. The molecule has 116 valence electrons. The van der Waals surface area contributed by atoms with Gasteiger partial charge in [0.25, 0.3) is 0 Å². The summed E-state index contributed by atoms with van der Waals surface area (Å²) >= 11 is 0. The minimum Gasteiger partial charge on any atom is -0.465 e. The molecule has 0 radical (unpaired) electrons. The third-order valence-electron chi connectivity index (χ3n) is 2.70. The van der Waals surface area contributed by atoms with Gasteiger partial charge in [0.1, 0.15) is 6.10 Å². The lowest BCUT2D eigenvalue weighted by molar-refractivity contribution is -0.181. The summed E-state index contributed by atoms with van der Waals surface area (Å²) in [6.07, 6.45) is -6.80. The van der Waals surface area contributed by atoms with Crippen molar-refractivity contribution < 1.29 is 32.6 Å². The quantitative estimate of drug-likeness (QED) is 0.828. The van der Waals surface area contributed by atoms with Crippen LogP contribution in [0, 0.1) is 0 Å². The maximum atomic E-state index is 12.8. The number of carbonyl (C=O) groups is 2. The molecule has 2 N–H and O–H groups in total. The van der Waals surface area contributed by atoms with Crippen molar-refractivity contribution >= 4 is 11.9 Å². The summed E-state index contributed by atoms with van der Waals surface area (Å²) in [6, 6.07) is 2.35. The Labute approximate surface area is 118 Å². The lowest BCUT2D eigenvalue weighted by Gasteiger charge is -2.26. The fourth-order valence-corrected chi connectivity index (χ4v) is 1.69. The second-order valence-electron chi connectivity index (χ2n) is 4.28. The fraction of sp³-hybridized carbons (Fsp3) is 0.385. The minimum absolute atomic E-state index is 0.0845. The van der Waals surface area contributed by atoms with Crippen molar-refractivity contribution in [3.63, 3.8) is 0 Å². The molecule has 0 saturated carbocycles. The van der Waals surface area contributed by atoms with Gasteiger partial charge in [-0.05, 0) is 17.7 Å². The summed E-state index contributed by atoms with van der Waals surface area (Å²) < 4.78 is 42.9. The number of aliphatic hydroxyl groups excluding tert-OH is 1. The van der Waals surface area contributed by atoms with Crippen LogP contribution in [0.2, 0.25) is 0 Å². The van der Waals surface area contributed by atoms with Gasteiger partial charge in [-0.15, -0.1) is 0 Å². The molecule has 0 saturated heterocycles. The molecule has 1 aromatic carbocycles. The summed E-state index contributed by atoms with van der Waals surface area (Å²) in [5.74, 6) is -1.56. The lowest BCUT2D eigenvalue weighted by atomic mass is 10.0. The SMILES string of the molecule is COC(=O)c1ccc(C(O)C(NC(C)=O)C(F)(F)F)cc1. The topological polar surface area (TPSA) is 75.6 Å². The molecule has 0 heterocycles. The predicted octanol–water partition coefficient (Wildman–Crippen LogP) is 1.57. The number of carbonyl (C=O) groups excluding carboxylic acids is 2. The fourth-order valence-electron chi connectivity index (χ4n) is 1.69. The smallest absolute Gasteiger partial charge is 0.411 e. The average Bonchev–Trinajstić information content (AvgIpc) is 2.42. The molecule has 0 aromatic heterocycles. The number of benzene rings is 1. The van der Waals surface area contributed by atoms with Crippen LogP contribution in [0.3, 0.4) is 0 Å². The van der Waals surface area contributed by atoms with E-state index >= 15 is 0 Å². The predicted molar refractivity (Wildman–Crippen MR) is 66.4 cm³/mol. The van der Waals surface area contributed by atoms with Crippen molar-refractivity contribution in [3.8, 4) is 0 Å². The Balaban J connectivity index is 3.01. The molecule has 21 heavy (non-hydrogen) atoms. The normalized spacial score (nSPS) is 14.2. The van der Waals surface area contributed by atoms with Gasteiger partial charge in [0.05, 0.1) is 12.7 Å². The number of aliphatic hydroxyl groups is 1. The van der Waals surface area contributed by atoms with E-state index in [9.17, 15) is 27.9 Å². The van der Waals surface area contributed by atoms with Gasteiger partial charge in [-0.25, -0.2) is 4.79 Å². The molecule has 8 heteroatoms. The van der Waals surface area contributed by atoms with E-state index in [4.69, 9.17) is 0 Å². The van der Waals surface area contributed by atoms with Crippen molar-refractivity contribution in [2.24, 2.45) is 0 Å². The molecule has 1 aromatic rings. The van der Waals surface area contributed by atoms with E-state index in [2.05, 4.69) is 4.74 Å². The first-order valence-electron chi connectivity index (χ1n) is 5.87. The largest absolute Gasteiger partial charge is 0.465 e. The van der Waals surface area contributed by atoms with Gasteiger partial charge in [-0.1, -0.05) is 12.1 Å². The van der Waals surface area contributed by atoms with Crippen LogP contribution in [-0.4, -0.2) is 36.3 Å². The molecular weight excluding hydrogens is 291 g/mol. The van der Waals surface area contributed by atoms with E-state index < -0.39 is 30.2 Å². The van der Waals surface area contributed by atoms with E-state index in [0.29, 0.717) is 0 Å². The Hall–Kier alpha value is -2.09. The zero-order valence-electron chi connectivity index (χ0n) is 11.3. The number of hydrogen-bond donors (Lipinski definition) is 2. The molecule has 1 rings (SSSR count). The number of nitrogens with one attached hydrogen (secondary N) is 1. The van der Waals surface area contributed by atoms with Gasteiger partial charge in [-0.2, -0.15) is 13.2 Å². The molecule has 0 bridgehead atoms. The van der Waals surface area contributed by atoms with Gasteiger partial charge in [0.15, 0.2) is 6.04 Å². The summed E-state index contributed by atoms with van der Waals surface area (Å²) in [4.78, 5) is 22.0. The van der Waals surface area contributed by atoms with Crippen LogP contribution in [0.15, 0.2) is 24.3 Å². The Kier molecular flexibility index (Phi) is 5.31. The summed E-state index contributed by atoms with van der Waals surface area (Å²) in [6.45, 7) is 0.922. The summed E-state index contributed by atoms with van der Waals surface area (Å²) in [5.41, 5.74) is 0.0512. The van der Waals surface area contributed by atoms with Crippen LogP contribution >= 0.6 is 0 Å². The van der Waals surface area contributed by atoms with Crippen LogP contribution in [0.4, 0.5) is 13.2 Å². The first-order valence-corrected chi connectivity index (χ1v) is 5.87. The monoisotopic (exact) mass is 305 g/mol. The first kappa shape index (κ1) is 17.0. The molecular formula is C13H14F3NO4. The molecule has 0 aliphatic rings. The molecule has 1 amide bonds. The number of halogens is 3. The van der Waals surface area contributed by atoms with E-state index in [1.165, 1.54) is 19.2 Å². The van der Waals surface area contributed by atoms with Crippen molar-refractivity contribution in [1.29, 1.82) is 0 Å². The highest BCUT2D eigenvalue weighted by Gasteiger charge is 2.45. The van der Waals surface area contributed by atoms with Crippen LogP contribution in [0.1, 0.15) is 28.9 Å². The molecule has 2 atom stereocenters. The zero-order chi connectivity index (χ0) is 16.2. The number of methoxy groups -OCH3 is 1. The highest BCUT2D eigenvalue weighted by Crippen LogP contribution is 2.30. The minimum atomic E-state index is -4.81. The van der Waals surface area contributed by atoms with Crippen LogP contribution in [0.5, 0.6) is 0 Å². The Morgan fingerprint density at radius 2 is 1.76 bits per heavy atom. The second kappa shape index (κ2) is 6.57. The van der Waals surface area contributed by atoms with Crippen molar-refractivity contribution in [2.45, 2.75) is 25.2 Å². The van der Waals surface area contributed by atoms with E-state index in [-0.39, 0.29) is 11.1 Å². The van der Waals surface area contributed by atoms with Gasteiger partial charge >= 0.3 is 12.1 Å². The summed E-state index contributed by atoms with van der Waals surface area (Å²) in [7, 11) is 1.17. The third-order valence-corrected chi connectivity index (χ3v) is 2.70.